The third-order valence-electron chi connectivity index (χ3n) is 4.32. The molecule has 0 heterocycles. The molecular formula is C17H25BrO2. The van der Waals surface area contributed by atoms with Crippen LogP contribution in [0.15, 0.2) is 24.3 Å². The largest absolute Gasteiger partial charge is 0.382 e. The van der Waals surface area contributed by atoms with Crippen LogP contribution in [-0.4, -0.2) is 32.3 Å². The molecule has 0 amide bonds. The van der Waals surface area contributed by atoms with Crippen molar-refractivity contribution in [1.29, 1.82) is 0 Å². The third kappa shape index (κ3) is 3.84. The lowest BCUT2D eigenvalue weighted by Gasteiger charge is -2.38. The minimum atomic E-state index is 0.305. The van der Waals surface area contributed by atoms with E-state index in [-0.39, 0.29) is 0 Å². The van der Waals surface area contributed by atoms with Crippen LogP contribution in [0.25, 0.3) is 0 Å². The van der Waals surface area contributed by atoms with Gasteiger partial charge in [-0.2, -0.15) is 0 Å². The number of fused-ring (bicyclic) bond motifs is 1. The van der Waals surface area contributed by atoms with Gasteiger partial charge in [-0.1, -0.05) is 40.2 Å². The molecule has 1 atom stereocenters. The summed E-state index contributed by atoms with van der Waals surface area (Å²) in [5, 5.41) is 1.05. The Morgan fingerprint density at radius 1 is 1.20 bits per heavy atom. The number of ether oxygens (including phenoxy) is 2. The highest BCUT2D eigenvalue weighted by Crippen LogP contribution is 2.42. The number of alkyl halides is 1. The zero-order chi connectivity index (χ0) is 14.3. The van der Waals surface area contributed by atoms with Gasteiger partial charge in [0.1, 0.15) is 0 Å². The summed E-state index contributed by atoms with van der Waals surface area (Å²) in [6.07, 6.45) is 6.13. The zero-order valence-electron chi connectivity index (χ0n) is 12.4. The van der Waals surface area contributed by atoms with Gasteiger partial charge in [0.2, 0.25) is 0 Å². The summed E-state index contributed by atoms with van der Waals surface area (Å²) in [7, 11) is 1.71. The number of aryl methyl sites for hydroxylation is 1. The minimum absolute atomic E-state index is 0.305. The van der Waals surface area contributed by atoms with Crippen LogP contribution in [0.5, 0.6) is 0 Å². The Labute approximate surface area is 131 Å². The van der Waals surface area contributed by atoms with Crippen molar-refractivity contribution >= 4 is 15.9 Å². The molecule has 0 saturated carbocycles. The zero-order valence-corrected chi connectivity index (χ0v) is 14.0. The second-order valence-electron chi connectivity index (χ2n) is 5.63. The predicted molar refractivity (Wildman–Crippen MR) is 86.8 cm³/mol. The fraction of sp³-hybridized carbons (Fsp3) is 0.647. The molecule has 0 N–H and O–H groups in total. The summed E-state index contributed by atoms with van der Waals surface area (Å²) in [4.78, 5) is 0. The molecule has 0 spiro atoms. The molecule has 20 heavy (non-hydrogen) atoms. The fourth-order valence-electron chi connectivity index (χ4n) is 3.23. The van der Waals surface area contributed by atoms with E-state index in [1.165, 1.54) is 25.7 Å². The number of halogens is 1. The second kappa shape index (κ2) is 8.16. The van der Waals surface area contributed by atoms with Gasteiger partial charge in [0.25, 0.3) is 0 Å². The van der Waals surface area contributed by atoms with Crippen LogP contribution in [0.3, 0.4) is 0 Å². The third-order valence-corrected chi connectivity index (χ3v) is 5.40. The number of hydrogen-bond donors (Lipinski definition) is 0. The SMILES string of the molecule is COCCOCCCC1(CBr)CCCc2ccccc21. The minimum Gasteiger partial charge on any atom is -0.382 e. The number of benzene rings is 1. The van der Waals surface area contributed by atoms with Crippen LogP contribution in [0.2, 0.25) is 0 Å². The molecule has 3 heteroatoms. The Kier molecular flexibility index (Phi) is 6.53. The van der Waals surface area contributed by atoms with E-state index in [1.807, 2.05) is 0 Å². The highest BCUT2D eigenvalue weighted by Gasteiger charge is 2.34. The van der Waals surface area contributed by atoms with E-state index in [0.29, 0.717) is 18.6 Å². The molecule has 0 radical (unpaired) electrons. The van der Waals surface area contributed by atoms with Gasteiger partial charge < -0.3 is 9.47 Å². The molecule has 112 valence electrons. The number of methoxy groups -OCH3 is 1. The Balaban J connectivity index is 1.93. The summed E-state index contributed by atoms with van der Waals surface area (Å²) in [6, 6.07) is 8.95. The van der Waals surface area contributed by atoms with E-state index in [0.717, 1.165) is 18.4 Å². The normalized spacial score (nSPS) is 21.7. The van der Waals surface area contributed by atoms with Crippen molar-refractivity contribution in [3.8, 4) is 0 Å². The Hall–Kier alpha value is -0.380. The molecule has 0 saturated heterocycles. The molecule has 1 aliphatic carbocycles. The molecule has 1 aromatic carbocycles. The van der Waals surface area contributed by atoms with Gasteiger partial charge in [0.15, 0.2) is 0 Å². The van der Waals surface area contributed by atoms with Crippen LogP contribution in [-0.2, 0) is 21.3 Å². The summed E-state index contributed by atoms with van der Waals surface area (Å²) >= 11 is 3.77. The number of hydrogen-bond acceptors (Lipinski definition) is 2. The molecule has 2 rings (SSSR count). The lowest BCUT2D eigenvalue weighted by Crippen LogP contribution is -2.33. The molecule has 0 aromatic heterocycles. The molecule has 1 aliphatic rings. The van der Waals surface area contributed by atoms with Crippen LogP contribution in [0, 0.1) is 0 Å². The molecule has 0 bridgehead atoms. The average Bonchev–Trinajstić information content (AvgIpc) is 2.51. The van der Waals surface area contributed by atoms with Gasteiger partial charge in [-0.15, -0.1) is 0 Å². The van der Waals surface area contributed by atoms with E-state index < -0.39 is 0 Å². The van der Waals surface area contributed by atoms with Crippen LogP contribution in [0.4, 0.5) is 0 Å². The quantitative estimate of drug-likeness (QED) is 0.524. The lowest BCUT2D eigenvalue weighted by atomic mass is 9.69. The van der Waals surface area contributed by atoms with Crippen LogP contribution in [0.1, 0.15) is 36.8 Å². The number of rotatable bonds is 8. The van der Waals surface area contributed by atoms with Gasteiger partial charge in [-0.3, -0.25) is 0 Å². The van der Waals surface area contributed by atoms with Crippen LogP contribution >= 0.6 is 15.9 Å². The van der Waals surface area contributed by atoms with Crippen molar-refractivity contribution in [2.75, 3.05) is 32.3 Å². The summed E-state index contributed by atoms with van der Waals surface area (Å²) in [6.45, 7) is 2.22. The molecule has 1 aromatic rings. The van der Waals surface area contributed by atoms with Gasteiger partial charge >= 0.3 is 0 Å². The van der Waals surface area contributed by atoms with E-state index in [4.69, 9.17) is 9.47 Å². The summed E-state index contributed by atoms with van der Waals surface area (Å²) < 4.78 is 10.6. The van der Waals surface area contributed by atoms with Gasteiger partial charge in [-0.05, 0) is 43.2 Å². The first-order chi connectivity index (χ1) is 9.82. The van der Waals surface area contributed by atoms with Crippen molar-refractivity contribution in [3.63, 3.8) is 0 Å². The first-order valence-electron chi connectivity index (χ1n) is 7.53. The predicted octanol–water partition coefficient (Wildman–Crippen LogP) is 4.10. The standard InChI is InChI=1S/C17H25BrO2/c1-19-12-13-20-11-5-10-17(14-18)9-4-7-15-6-2-3-8-16(15)17/h2-3,6,8H,4-5,7,9-14H2,1H3. The summed E-state index contributed by atoms with van der Waals surface area (Å²) in [5.41, 5.74) is 3.40. The van der Waals surface area contributed by atoms with E-state index in [1.54, 1.807) is 18.2 Å². The van der Waals surface area contributed by atoms with Crippen molar-refractivity contribution in [3.05, 3.63) is 35.4 Å². The molecular weight excluding hydrogens is 316 g/mol. The molecule has 1 unspecified atom stereocenters. The maximum absolute atomic E-state index is 5.60. The smallest absolute Gasteiger partial charge is 0.0700 e. The van der Waals surface area contributed by atoms with Crippen molar-refractivity contribution in [1.82, 2.24) is 0 Å². The molecule has 0 fully saturated rings. The van der Waals surface area contributed by atoms with E-state index in [2.05, 4.69) is 40.2 Å². The van der Waals surface area contributed by atoms with Gasteiger partial charge in [-0.25, -0.2) is 0 Å². The van der Waals surface area contributed by atoms with E-state index in [9.17, 15) is 0 Å². The van der Waals surface area contributed by atoms with Gasteiger partial charge in [0.05, 0.1) is 13.2 Å². The second-order valence-corrected chi connectivity index (χ2v) is 6.19. The van der Waals surface area contributed by atoms with Crippen molar-refractivity contribution in [2.45, 2.75) is 37.5 Å². The van der Waals surface area contributed by atoms with E-state index >= 15 is 0 Å². The van der Waals surface area contributed by atoms with Gasteiger partial charge in [0, 0.05) is 24.5 Å². The highest BCUT2D eigenvalue weighted by atomic mass is 79.9. The van der Waals surface area contributed by atoms with Crippen molar-refractivity contribution in [2.24, 2.45) is 0 Å². The fourth-order valence-corrected chi connectivity index (χ4v) is 4.09. The lowest BCUT2D eigenvalue weighted by molar-refractivity contribution is 0.0663. The first-order valence-corrected chi connectivity index (χ1v) is 8.65. The molecule has 0 aliphatic heterocycles. The average molecular weight is 341 g/mol. The summed E-state index contributed by atoms with van der Waals surface area (Å²) in [5.74, 6) is 0. The highest BCUT2D eigenvalue weighted by molar-refractivity contribution is 9.09. The Morgan fingerprint density at radius 3 is 2.85 bits per heavy atom. The van der Waals surface area contributed by atoms with Crippen LogP contribution < -0.4 is 0 Å². The topological polar surface area (TPSA) is 18.5 Å². The first kappa shape index (κ1) is 16.0. The Morgan fingerprint density at radius 2 is 2.05 bits per heavy atom. The maximum atomic E-state index is 5.60. The maximum Gasteiger partial charge on any atom is 0.0700 e. The Bertz CT molecular complexity index is 408. The molecule has 2 nitrogen and oxygen atoms in total. The monoisotopic (exact) mass is 340 g/mol. The van der Waals surface area contributed by atoms with Crippen molar-refractivity contribution < 1.29 is 9.47 Å².